The van der Waals surface area contributed by atoms with Gasteiger partial charge in [-0.3, -0.25) is 9.59 Å². The van der Waals surface area contributed by atoms with Gasteiger partial charge in [-0.05, 0) is 44.0 Å². The van der Waals surface area contributed by atoms with Crippen LogP contribution in [0.15, 0.2) is 24.3 Å². The first-order chi connectivity index (χ1) is 12.0. The summed E-state index contributed by atoms with van der Waals surface area (Å²) in [7, 11) is 1.54. The van der Waals surface area contributed by atoms with Gasteiger partial charge in [0.1, 0.15) is 5.75 Å². The molecule has 0 bridgehead atoms. The summed E-state index contributed by atoms with van der Waals surface area (Å²) in [6.45, 7) is 2.74. The Bertz CT molecular complexity index is 604. The summed E-state index contributed by atoms with van der Waals surface area (Å²) >= 11 is 0. The van der Waals surface area contributed by atoms with E-state index in [9.17, 15) is 14.4 Å². The molecule has 7 nitrogen and oxygen atoms in total. The van der Waals surface area contributed by atoms with Crippen LogP contribution in [-0.4, -0.2) is 56.2 Å². The lowest BCUT2D eigenvalue weighted by molar-refractivity contribution is -0.151. The second-order valence-corrected chi connectivity index (χ2v) is 5.71. The highest BCUT2D eigenvalue weighted by molar-refractivity contribution is 5.91. The van der Waals surface area contributed by atoms with Gasteiger partial charge in [0.25, 0.3) is 5.91 Å². The average Bonchev–Trinajstić information content (AvgIpc) is 2.66. The number of ether oxygens (including phenoxy) is 3. The van der Waals surface area contributed by atoms with Crippen molar-refractivity contribution in [3.8, 4) is 5.75 Å². The van der Waals surface area contributed by atoms with E-state index in [1.807, 2.05) is 0 Å². The Labute approximate surface area is 146 Å². The number of amides is 1. The van der Waals surface area contributed by atoms with Crippen molar-refractivity contribution in [2.24, 2.45) is 5.92 Å². The Morgan fingerprint density at radius 2 is 1.72 bits per heavy atom. The Hall–Kier alpha value is -2.57. The predicted molar refractivity (Wildman–Crippen MR) is 89.2 cm³/mol. The number of esters is 2. The van der Waals surface area contributed by atoms with Crippen LogP contribution in [0.3, 0.4) is 0 Å². The van der Waals surface area contributed by atoms with E-state index in [1.165, 1.54) is 7.11 Å². The van der Waals surface area contributed by atoms with Crippen LogP contribution in [0.4, 0.5) is 0 Å². The molecule has 136 valence electrons. The van der Waals surface area contributed by atoms with Crippen molar-refractivity contribution in [1.82, 2.24) is 4.90 Å². The highest BCUT2D eigenvalue weighted by Gasteiger charge is 2.28. The van der Waals surface area contributed by atoms with Crippen LogP contribution in [0.5, 0.6) is 5.75 Å². The Balaban J connectivity index is 1.77. The van der Waals surface area contributed by atoms with Crippen molar-refractivity contribution in [3.63, 3.8) is 0 Å². The number of hydrogen-bond acceptors (Lipinski definition) is 6. The van der Waals surface area contributed by atoms with E-state index < -0.39 is 5.97 Å². The summed E-state index contributed by atoms with van der Waals surface area (Å²) in [5, 5.41) is 0. The average molecular weight is 349 g/mol. The molecule has 25 heavy (non-hydrogen) atoms. The molecule has 1 aliphatic rings. The van der Waals surface area contributed by atoms with Crippen molar-refractivity contribution in [2.45, 2.75) is 19.8 Å². The van der Waals surface area contributed by atoms with Crippen LogP contribution in [0, 0.1) is 5.92 Å². The summed E-state index contributed by atoms with van der Waals surface area (Å²) in [6, 6.07) is 6.46. The number of nitrogens with zero attached hydrogens (tertiary/aromatic N) is 1. The van der Waals surface area contributed by atoms with Gasteiger partial charge in [0.05, 0.1) is 25.2 Å². The highest BCUT2D eigenvalue weighted by atomic mass is 16.5. The molecule has 0 unspecified atom stereocenters. The maximum Gasteiger partial charge on any atom is 0.338 e. The van der Waals surface area contributed by atoms with Crippen LogP contribution in [0.1, 0.15) is 30.1 Å². The van der Waals surface area contributed by atoms with Crippen molar-refractivity contribution in [1.29, 1.82) is 0 Å². The summed E-state index contributed by atoms with van der Waals surface area (Å²) < 4.78 is 15.1. The van der Waals surface area contributed by atoms with E-state index in [4.69, 9.17) is 14.2 Å². The van der Waals surface area contributed by atoms with Gasteiger partial charge < -0.3 is 19.1 Å². The van der Waals surface area contributed by atoms with Gasteiger partial charge in [-0.1, -0.05) is 0 Å². The fourth-order valence-electron chi connectivity index (χ4n) is 2.65. The molecule has 0 radical (unpaired) electrons. The Kier molecular flexibility index (Phi) is 6.80. The number of carbonyl (C=O) groups is 3. The second-order valence-electron chi connectivity index (χ2n) is 5.71. The maximum atomic E-state index is 12.1. The number of benzene rings is 1. The third-order valence-electron chi connectivity index (χ3n) is 4.12. The number of carbonyl (C=O) groups excluding carboxylic acids is 3. The zero-order valence-electron chi connectivity index (χ0n) is 14.5. The summed E-state index contributed by atoms with van der Waals surface area (Å²) in [6.07, 6.45) is 1.13. The van der Waals surface area contributed by atoms with E-state index in [-0.39, 0.29) is 24.4 Å². The molecule has 1 amide bonds. The maximum absolute atomic E-state index is 12.1. The van der Waals surface area contributed by atoms with Gasteiger partial charge in [0, 0.05) is 13.1 Å². The Morgan fingerprint density at radius 1 is 1.08 bits per heavy atom. The largest absolute Gasteiger partial charge is 0.497 e. The minimum absolute atomic E-state index is 0.161. The van der Waals surface area contributed by atoms with Crippen molar-refractivity contribution >= 4 is 17.8 Å². The van der Waals surface area contributed by atoms with Crippen LogP contribution in [0.2, 0.25) is 0 Å². The molecule has 1 saturated heterocycles. The summed E-state index contributed by atoms with van der Waals surface area (Å²) in [4.78, 5) is 37.4. The lowest BCUT2D eigenvalue weighted by atomic mass is 9.97. The fraction of sp³-hybridized carbons (Fsp3) is 0.500. The third-order valence-corrected chi connectivity index (χ3v) is 4.12. The standard InChI is InChI=1S/C18H23NO6/c1-3-24-17(21)14-8-10-19(11-9-14)16(20)12-25-18(22)13-4-6-15(23-2)7-5-13/h4-7,14H,3,8-12H2,1-2H3. The van der Waals surface area contributed by atoms with Crippen molar-refractivity contribution in [3.05, 3.63) is 29.8 Å². The van der Waals surface area contributed by atoms with Crippen LogP contribution >= 0.6 is 0 Å². The first-order valence-electron chi connectivity index (χ1n) is 8.30. The topological polar surface area (TPSA) is 82.1 Å². The van der Waals surface area contributed by atoms with Gasteiger partial charge in [-0.15, -0.1) is 0 Å². The van der Waals surface area contributed by atoms with E-state index in [1.54, 1.807) is 36.1 Å². The van der Waals surface area contributed by atoms with E-state index in [0.717, 1.165) is 0 Å². The highest BCUT2D eigenvalue weighted by Crippen LogP contribution is 2.19. The molecule has 0 aromatic heterocycles. The van der Waals surface area contributed by atoms with E-state index in [0.29, 0.717) is 43.9 Å². The third kappa shape index (κ3) is 5.20. The first-order valence-corrected chi connectivity index (χ1v) is 8.30. The van der Waals surface area contributed by atoms with Crippen LogP contribution in [0.25, 0.3) is 0 Å². The van der Waals surface area contributed by atoms with E-state index >= 15 is 0 Å². The zero-order valence-corrected chi connectivity index (χ0v) is 14.5. The second kappa shape index (κ2) is 9.05. The molecular weight excluding hydrogens is 326 g/mol. The number of methoxy groups -OCH3 is 1. The fourth-order valence-corrected chi connectivity index (χ4v) is 2.65. The number of piperidine rings is 1. The Morgan fingerprint density at radius 3 is 2.28 bits per heavy atom. The molecule has 0 saturated carbocycles. The molecule has 0 spiro atoms. The smallest absolute Gasteiger partial charge is 0.338 e. The lowest BCUT2D eigenvalue weighted by Crippen LogP contribution is -2.42. The summed E-state index contributed by atoms with van der Waals surface area (Å²) in [5.74, 6) is -0.551. The quantitative estimate of drug-likeness (QED) is 0.727. The molecule has 0 N–H and O–H groups in total. The summed E-state index contributed by atoms with van der Waals surface area (Å²) in [5.41, 5.74) is 0.356. The van der Waals surface area contributed by atoms with Crippen molar-refractivity contribution < 1.29 is 28.6 Å². The molecule has 7 heteroatoms. The minimum Gasteiger partial charge on any atom is -0.497 e. The molecule has 2 rings (SSSR count). The molecule has 0 atom stereocenters. The molecule has 0 aliphatic carbocycles. The molecule has 1 aromatic carbocycles. The van der Waals surface area contributed by atoms with Gasteiger partial charge in [-0.2, -0.15) is 0 Å². The van der Waals surface area contributed by atoms with Gasteiger partial charge in [-0.25, -0.2) is 4.79 Å². The van der Waals surface area contributed by atoms with Gasteiger partial charge in [0.15, 0.2) is 6.61 Å². The van der Waals surface area contributed by atoms with Gasteiger partial charge in [0.2, 0.25) is 0 Å². The molecule has 1 heterocycles. The normalized spacial score (nSPS) is 14.7. The molecule has 1 aromatic rings. The van der Waals surface area contributed by atoms with Crippen molar-refractivity contribution in [2.75, 3.05) is 33.4 Å². The zero-order chi connectivity index (χ0) is 18.2. The number of hydrogen-bond donors (Lipinski definition) is 0. The molecular formula is C18H23NO6. The molecule has 1 fully saturated rings. The minimum atomic E-state index is -0.558. The van der Waals surface area contributed by atoms with Gasteiger partial charge >= 0.3 is 11.9 Å². The molecule has 1 aliphatic heterocycles. The van der Waals surface area contributed by atoms with E-state index in [2.05, 4.69) is 0 Å². The lowest BCUT2D eigenvalue weighted by Gasteiger charge is -2.30. The predicted octanol–water partition coefficient (Wildman–Crippen LogP) is 1.65. The van der Waals surface area contributed by atoms with Crippen LogP contribution < -0.4 is 4.74 Å². The SMILES string of the molecule is CCOC(=O)C1CCN(C(=O)COC(=O)c2ccc(OC)cc2)CC1. The number of likely N-dealkylation sites (tertiary alicyclic amines) is 1. The first kappa shape index (κ1) is 18.8. The number of rotatable bonds is 6. The van der Waals surface area contributed by atoms with Crippen LogP contribution in [-0.2, 0) is 19.1 Å². The monoisotopic (exact) mass is 349 g/mol.